The first-order valence-corrected chi connectivity index (χ1v) is 5.07. The third kappa shape index (κ3) is 2.97. The number of hydrogen-bond donors (Lipinski definition) is 1. The SMILES string of the molecule is C/C(=C\Cl)CNC1COCC1(C)C. The molecule has 1 atom stereocenters. The van der Waals surface area contributed by atoms with Crippen molar-refractivity contribution in [3.8, 4) is 0 Å². The Kier molecular flexibility index (Phi) is 3.77. The van der Waals surface area contributed by atoms with Crippen LogP contribution in [0.1, 0.15) is 20.8 Å². The highest BCUT2D eigenvalue weighted by atomic mass is 35.5. The summed E-state index contributed by atoms with van der Waals surface area (Å²) in [4.78, 5) is 0. The van der Waals surface area contributed by atoms with Crippen molar-refractivity contribution < 1.29 is 4.74 Å². The number of nitrogens with one attached hydrogen (secondary N) is 1. The molecule has 13 heavy (non-hydrogen) atoms. The van der Waals surface area contributed by atoms with Gasteiger partial charge in [-0.15, -0.1) is 0 Å². The molecule has 1 aliphatic rings. The zero-order chi connectivity index (χ0) is 9.90. The Morgan fingerprint density at radius 1 is 1.69 bits per heavy atom. The normalized spacial score (nSPS) is 28.0. The second-order valence-corrected chi connectivity index (χ2v) is 4.61. The lowest BCUT2D eigenvalue weighted by molar-refractivity contribution is 0.166. The highest BCUT2D eigenvalue weighted by Crippen LogP contribution is 2.27. The molecule has 1 aliphatic heterocycles. The summed E-state index contributed by atoms with van der Waals surface area (Å²) in [6, 6.07) is 0.444. The van der Waals surface area contributed by atoms with Crippen molar-refractivity contribution in [1.29, 1.82) is 0 Å². The summed E-state index contributed by atoms with van der Waals surface area (Å²) in [5.74, 6) is 0. The maximum absolute atomic E-state index is 5.58. The van der Waals surface area contributed by atoms with Crippen molar-refractivity contribution in [3.05, 3.63) is 11.1 Å². The molecular formula is C10H18ClNO. The Bertz CT molecular complexity index is 201. The summed E-state index contributed by atoms with van der Waals surface area (Å²) in [6.45, 7) is 8.95. The summed E-state index contributed by atoms with van der Waals surface area (Å²) in [6.07, 6.45) is 0. The van der Waals surface area contributed by atoms with E-state index in [1.807, 2.05) is 6.92 Å². The van der Waals surface area contributed by atoms with Crippen molar-refractivity contribution in [3.63, 3.8) is 0 Å². The molecule has 0 aromatic heterocycles. The Morgan fingerprint density at radius 3 is 2.85 bits per heavy atom. The summed E-state index contributed by atoms with van der Waals surface area (Å²) in [7, 11) is 0. The van der Waals surface area contributed by atoms with Gasteiger partial charge in [-0.3, -0.25) is 0 Å². The van der Waals surface area contributed by atoms with Gasteiger partial charge in [-0.1, -0.05) is 25.4 Å². The third-order valence-corrected chi connectivity index (χ3v) is 2.89. The topological polar surface area (TPSA) is 21.3 Å². The lowest BCUT2D eigenvalue weighted by Gasteiger charge is -2.25. The summed E-state index contributed by atoms with van der Waals surface area (Å²) >= 11 is 5.58. The van der Waals surface area contributed by atoms with Gasteiger partial charge in [0.05, 0.1) is 13.2 Å². The maximum atomic E-state index is 5.58. The Morgan fingerprint density at radius 2 is 2.38 bits per heavy atom. The third-order valence-electron chi connectivity index (χ3n) is 2.52. The van der Waals surface area contributed by atoms with E-state index in [2.05, 4.69) is 19.2 Å². The molecule has 0 aliphatic carbocycles. The van der Waals surface area contributed by atoms with Crippen LogP contribution < -0.4 is 5.32 Å². The standard InChI is InChI=1S/C10H18ClNO/c1-8(4-11)5-12-9-6-13-7-10(9,2)3/h4,9,12H,5-7H2,1-3H3/b8-4+. The van der Waals surface area contributed by atoms with Gasteiger partial charge >= 0.3 is 0 Å². The van der Waals surface area contributed by atoms with Gasteiger partial charge in [0.25, 0.3) is 0 Å². The van der Waals surface area contributed by atoms with E-state index < -0.39 is 0 Å². The van der Waals surface area contributed by atoms with Gasteiger partial charge in [0, 0.05) is 23.5 Å². The average Bonchev–Trinajstić information content (AvgIpc) is 2.41. The molecule has 1 rings (SSSR count). The quantitative estimate of drug-likeness (QED) is 0.759. The fraction of sp³-hybridized carbons (Fsp3) is 0.800. The molecule has 1 saturated heterocycles. The largest absolute Gasteiger partial charge is 0.379 e. The smallest absolute Gasteiger partial charge is 0.0626 e. The van der Waals surface area contributed by atoms with E-state index >= 15 is 0 Å². The van der Waals surface area contributed by atoms with E-state index in [1.54, 1.807) is 5.54 Å². The molecule has 0 spiro atoms. The molecule has 3 heteroatoms. The molecule has 1 heterocycles. The van der Waals surface area contributed by atoms with Crippen molar-refractivity contribution >= 4 is 11.6 Å². The van der Waals surface area contributed by atoms with E-state index in [1.165, 1.54) is 0 Å². The van der Waals surface area contributed by atoms with E-state index in [-0.39, 0.29) is 5.41 Å². The monoisotopic (exact) mass is 203 g/mol. The van der Waals surface area contributed by atoms with Gasteiger partial charge < -0.3 is 10.1 Å². The van der Waals surface area contributed by atoms with Crippen LogP contribution in [-0.4, -0.2) is 25.8 Å². The van der Waals surface area contributed by atoms with E-state index in [4.69, 9.17) is 16.3 Å². The van der Waals surface area contributed by atoms with Gasteiger partial charge in [0.1, 0.15) is 0 Å². The van der Waals surface area contributed by atoms with Crippen LogP contribution in [0.5, 0.6) is 0 Å². The Balaban J connectivity index is 2.37. The molecule has 0 amide bonds. The fourth-order valence-electron chi connectivity index (χ4n) is 1.42. The molecule has 76 valence electrons. The highest BCUT2D eigenvalue weighted by Gasteiger charge is 2.34. The molecule has 1 unspecified atom stereocenters. The lowest BCUT2D eigenvalue weighted by Crippen LogP contribution is -2.41. The number of rotatable bonds is 3. The van der Waals surface area contributed by atoms with Crippen LogP contribution in [0.4, 0.5) is 0 Å². The van der Waals surface area contributed by atoms with Crippen LogP contribution in [0, 0.1) is 5.41 Å². The predicted molar refractivity (Wildman–Crippen MR) is 56.0 cm³/mol. The summed E-state index contributed by atoms with van der Waals surface area (Å²) in [5.41, 5.74) is 3.02. The minimum Gasteiger partial charge on any atom is -0.379 e. The summed E-state index contributed by atoms with van der Waals surface area (Å²) < 4.78 is 5.42. The molecular weight excluding hydrogens is 186 g/mol. The van der Waals surface area contributed by atoms with Crippen LogP contribution in [0.15, 0.2) is 11.1 Å². The van der Waals surface area contributed by atoms with Crippen LogP contribution in [-0.2, 0) is 4.74 Å². The average molecular weight is 204 g/mol. The van der Waals surface area contributed by atoms with Gasteiger partial charge in [-0.05, 0) is 12.5 Å². The number of halogens is 1. The molecule has 0 bridgehead atoms. The fourth-order valence-corrected chi connectivity index (χ4v) is 1.50. The highest BCUT2D eigenvalue weighted by molar-refractivity contribution is 6.25. The van der Waals surface area contributed by atoms with Crippen molar-refractivity contribution in [2.75, 3.05) is 19.8 Å². The van der Waals surface area contributed by atoms with Gasteiger partial charge in [0.2, 0.25) is 0 Å². The van der Waals surface area contributed by atoms with Gasteiger partial charge in [-0.2, -0.15) is 0 Å². The first kappa shape index (κ1) is 11.0. The predicted octanol–water partition coefficient (Wildman–Crippen LogP) is 2.14. The molecule has 0 aromatic carbocycles. The molecule has 2 nitrogen and oxygen atoms in total. The minimum atomic E-state index is 0.243. The second-order valence-electron chi connectivity index (χ2n) is 4.39. The zero-order valence-electron chi connectivity index (χ0n) is 8.56. The first-order chi connectivity index (χ1) is 6.06. The molecule has 1 fully saturated rings. The summed E-state index contributed by atoms with van der Waals surface area (Å²) in [5, 5.41) is 3.44. The molecule has 0 radical (unpaired) electrons. The van der Waals surface area contributed by atoms with E-state index in [0.29, 0.717) is 6.04 Å². The Labute approximate surface area is 85.3 Å². The van der Waals surface area contributed by atoms with Crippen LogP contribution in [0.2, 0.25) is 0 Å². The molecule has 1 N–H and O–H groups in total. The van der Waals surface area contributed by atoms with Gasteiger partial charge in [0.15, 0.2) is 0 Å². The van der Waals surface area contributed by atoms with Crippen LogP contribution in [0.3, 0.4) is 0 Å². The number of ether oxygens (including phenoxy) is 1. The van der Waals surface area contributed by atoms with Gasteiger partial charge in [-0.25, -0.2) is 0 Å². The minimum absolute atomic E-state index is 0.243. The lowest BCUT2D eigenvalue weighted by atomic mass is 9.88. The van der Waals surface area contributed by atoms with Crippen molar-refractivity contribution in [2.24, 2.45) is 5.41 Å². The first-order valence-electron chi connectivity index (χ1n) is 4.63. The molecule has 0 aromatic rings. The zero-order valence-corrected chi connectivity index (χ0v) is 9.32. The maximum Gasteiger partial charge on any atom is 0.0626 e. The second kappa shape index (κ2) is 4.45. The van der Waals surface area contributed by atoms with E-state index in [9.17, 15) is 0 Å². The molecule has 0 saturated carbocycles. The van der Waals surface area contributed by atoms with E-state index in [0.717, 1.165) is 25.3 Å². The van der Waals surface area contributed by atoms with Crippen molar-refractivity contribution in [1.82, 2.24) is 5.32 Å². The van der Waals surface area contributed by atoms with Crippen LogP contribution >= 0.6 is 11.6 Å². The number of hydrogen-bond acceptors (Lipinski definition) is 2. The van der Waals surface area contributed by atoms with Crippen LogP contribution in [0.25, 0.3) is 0 Å². The Hall–Kier alpha value is -0.0500. The van der Waals surface area contributed by atoms with Crippen molar-refractivity contribution in [2.45, 2.75) is 26.8 Å².